The van der Waals surface area contributed by atoms with Crippen molar-refractivity contribution in [3.8, 4) is 0 Å². The first-order valence-corrected chi connectivity index (χ1v) is 5.63. The molecule has 1 N–H and O–H groups in total. The number of hydrogen-bond donors (Lipinski definition) is 1. The molecule has 5 heteroatoms. The molecule has 0 spiro atoms. The summed E-state index contributed by atoms with van der Waals surface area (Å²) in [6.07, 6.45) is 2.30. The molecule has 0 amide bonds. The Bertz CT molecular complexity index is 356. The van der Waals surface area contributed by atoms with Gasteiger partial charge in [0.05, 0.1) is 0 Å². The van der Waals surface area contributed by atoms with E-state index in [1.54, 1.807) is 0 Å². The first-order valence-electron chi connectivity index (χ1n) is 5.63. The molecule has 82 valence electrons. The highest BCUT2D eigenvalue weighted by molar-refractivity contribution is 5.27. The first kappa shape index (κ1) is 9.15. The van der Waals surface area contributed by atoms with Crippen molar-refractivity contribution in [1.82, 2.24) is 14.8 Å². The number of anilines is 1. The van der Waals surface area contributed by atoms with E-state index in [1.807, 2.05) is 4.68 Å². The van der Waals surface area contributed by atoms with E-state index >= 15 is 0 Å². The molecule has 1 fully saturated rings. The molecule has 15 heavy (non-hydrogen) atoms. The minimum atomic E-state index is 0.125. The van der Waals surface area contributed by atoms with Gasteiger partial charge >= 0.3 is 0 Å². The van der Waals surface area contributed by atoms with E-state index in [4.69, 9.17) is 4.74 Å². The fourth-order valence-corrected chi connectivity index (χ4v) is 2.16. The minimum absolute atomic E-state index is 0.125. The van der Waals surface area contributed by atoms with Crippen LogP contribution in [0, 0.1) is 5.92 Å². The van der Waals surface area contributed by atoms with Crippen LogP contribution in [0.2, 0.25) is 0 Å². The van der Waals surface area contributed by atoms with Crippen LogP contribution in [0.15, 0.2) is 0 Å². The molecule has 0 aliphatic carbocycles. The molecule has 2 aliphatic rings. The van der Waals surface area contributed by atoms with Gasteiger partial charge in [0.2, 0.25) is 5.95 Å². The van der Waals surface area contributed by atoms with Crippen LogP contribution in [-0.2, 0) is 11.3 Å². The van der Waals surface area contributed by atoms with Gasteiger partial charge in [0, 0.05) is 19.7 Å². The van der Waals surface area contributed by atoms with Crippen LogP contribution in [0.1, 0.15) is 31.7 Å². The molecule has 1 aromatic rings. The molecule has 1 aromatic heterocycles. The fraction of sp³-hybridized carbons (Fsp3) is 0.800. The number of nitrogens with one attached hydrogen (secondary N) is 1. The highest BCUT2D eigenvalue weighted by atomic mass is 16.5. The maximum Gasteiger partial charge on any atom is 0.221 e. The summed E-state index contributed by atoms with van der Waals surface area (Å²) in [5.74, 6) is 2.37. The zero-order chi connectivity index (χ0) is 10.3. The number of fused-ring (bicyclic) bond motifs is 1. The number of ether oxygens (including phenoxy) is 1. The Morgan fingerprint density at radius 2 is 2.47 bits per heavy atom. The molecule has 2 unspecified atom stereocenters. The van der Waals surface area contributed by atoms with Crippen LogP contribution in [0.3, 0.4) is 0 Å². The highest BCUT2D eigenvalue weighted by Gasteiger charge is 2.25. The Hall–Kier alpha value is -1.10. The van der Waals surface area contributed by atoms with Gasteiger partial charge in [-0.25, -0.2) is 4.68 Å². The highest BCUT2D eigenvalue weighted by Crippen LogP contribution is 2.27. The summed E-state index contributed by atoms with van der Waals surface area (Å²) in [5, 5.41) is 7.79. The van der Waals surface area contributed by atoms with Crippen molar-refractivity contribution in [2.24, 2.45) is 5.92 Å². The minimum Gasteiger partial charge on any atom is -0.370 e. The Balaban J connectivity index is 1.85. The normalized spacial score (nSPS) is 29.9. The van der Waals surface area contributed by atoms with Crippen LogP contribution in [0.4, 0.5) is 5.95 Å². The van der Waals surface area contributed by atoms with E-state index < -0.39 is 0 Å². The summed E-state index contributed by atoms with van der Waals surface area (Å²) in [6.45, 7) is 5.01. The maximum absolute atomic E-state index is 5.58. The lowest BCUT2D eigenvalue weighted by Gasteiger charge is -2.19. The molecule has 0 saturated carbocycles. The first-order chi connectivity index (χ1) is 7.33. The van der Waals surface area contributed by atoms with E-state index in [-0.39, 0.29) is 6.10 Å². The smallest absolute Gasteiger partial charge is 0.221 e. The van der Waals surface area contributed by atoms with Crippen LogP contribution < -0.4 is 5.32 Å². The molecule has 0 radical (unpaired) electrons. The average Bonchev–Trinajstić information content (AvgIpc) is 2.84. The Kier molecular flexibility index (Phi) is 2.12. The zero-order valence-corrected chi connectivity index (χ0v) is 8.94. The van der Waals surface area contributed by atoms with Crippen LogP contribution >= 0.6 is 0 Å². The molecule has 1 saturated heterocycles. The van der Waals surface area contributed by atoms with E-state index in [0.717, 1.165) is 44.3 Å². The molecule has 0 aromatic carbocycles. The third-order valence-corrected chi connectivity index (χ3v) is 3.00. The number of aromatic nitrogens is 3. The second kappa shape index (κ2) is 3.48. The molecule has 5 nitrogen and oxygen atoms in total. The van der Waals surface area contributed by atoms with Crippen molar-refractivity contribution in [2.75, 3.05) is 18.5 Å². The van der Waals surface area contributed by atoms with Gasteiger partial charge in [0.1, 0.15) is 6.10 Å². The summed E-state index contributed by atoms with van der Waals surface area (Å²) in [7, 11) is 0. The lowest BCUT2D eigenvalue weighted by Crippen LogP contribution is -2.25. The lowest BCUT2D eigenvalue weighted by atomic mass is 10.1. The van der Waals surface area contributed by atoms with Crippen LogP contribution in [0.25, 0.3) is 0 Å². The predicted octanol–water partition coefficient (Wildman–Crippen LogP) is 1.19. The number of nitrogens with zero attached hydrogens (tertiary/aromatic N) is 3. The predicted molar refractivity (Wildman–Crippen MR) is 55.6 cm³/mol. The van der Waals surface area contributed by atoms with Gasteiger partial charge in [-0.15, -0.1) is 0 Å². The summed E-state index contributed by atoms with van der Waals surface area (Å²) >= 11 is 0. The standard InChI is InChI=1S/C10H16N4O/c1-7-5-11-10-12-9(13-14(10)6-7)8-3-2-4-15-8/h7-8H,2-6H2,1H3,(H,11,12,13). The monoisotopic (exact) mass is 208 g/mol. The van der Waals surface area contributed by atoms with Gasteiger partial charge in [-0.3, -0.25) is 0 Å². The van der Waals surface area contributed by atoms with E-state index in [1.165, 1.54) is 0 Å². The molecule has 2 atom stereocenters. The largest absolute Gasteiger partial charge is 0.370 e. The fourth-order valence-electron chi connectivity index (χ4n) is 2.16. The summed E-state index contributed by atoms with van der Waals surface area (Å²) < 4.78 is 7.54. The van der Waals surface area contributed by atoms with Crippen molar-refractivity contribution in [2.45, 2.75) is 32.4 Å². The molecule has 3 rings (SSSR count). The van der Waals surface area contributed by atoms with Gasteiger partial charge in [-0.1, -0.05) is 6.92 Å². The van der Waals surface area contributed by atoms with E-state index in [2.05, 4.69) is 22.3 Å². The molecule has 3 heterocycles. The van der Waals surface area contributed by atoms with Crippen molar-refractivity contribution < 1.29 is 4.74 Å². The number of hydrogen-bond acceptors (Lipinski definition) is 4. The van der Waals surface area contributed by atoms with Gasteiger partial charge in [-0.2, -0.15) is 10.1 Å². The Morgan fingerprint density at radius 3 is 3.27 bits per heavy atom. The van der Waals surface area contributed by atoms with Crippen LogP contribution in [0.5, 0.6) is 0 Å². The SMILES string of the molecule is CC1CNc2nc(C3CCCO3)nn2C1. The Morgan fingerprint density at radius 1 is 1.53 bits per heavy atom. The lowest BCUT2D eigenvalue weighted by molar-refractivity contribution is 0.105. The van der Waals surface area contributed by atoms with Crippen molar-refractivity contribution in [3.05, 3.63) is 5.82 Å². The second-order valence-corrected chi connectivity index (χ2v) is 4.46. The van der Waals surface area contributed by atoms with E-state index in [9.17, 15) is 0 Å². The molecular formula is C10H16N4O. The topological polar surface area (TPSA) is 52.0 Å². The molecule has 0 bridgehead atoms. The average molecular weight is 208 g/mol. The second-order valence-electron chi connectivity index (χ2n) is 4.46. The van der Waals surface area contributed by atoms with Crippen molar-refractivity contribution in [3.63, 3.8) is 0 Å². The van der Waals surface area contributed by atoms with E-state index in [0.29, 0.717) is 5.92 Å². The third-order valence-electron chi connectivity index (χ3n) is 3.00. The summed E-state index contributed by atoms with van der Waals surface area (Å²) in [4.78, 5) is 4.48. The summed E-state index contributed by atoms with van der Waals surface area (Å²) in [5.41, 5.74) is 0. The van der Waals surface area contributed by atoms with Crippen molar-refractivity contribution in [1.29, 1.82) is 0 Å². The molecular weight excluding hydrogens is 192 g/mol. The van der Waals surface area contributed by atoms with Gasteiger partial charge in [0.25, 0.3) is 0 Å². The third kappa shape index (κ3) is 1.61. The maximum atomic E-state index is 5.58. The quantitative estimate of drug-likeness (QED) is 0.753. The van der Waals surface area contributed by atoms with Gasteiger partial charge in [0.15, 0.2) is 5.82 Å². The summed E-state index contributed by atoms with van der Waals surface area (Å²) in [6, 6.07) is 0. The van der Waals surface area contributed by atoms with Gasteiger partial charge in [-0.05, 0) is 18.8 Å². The molecule has 2 aliphatic heterocycles. The Labute approximate surface area is 88.8 Å². The zero-order valence-electron chi connectivity index (χ0n) is 8.94. The number of rotatable bonds is 1. The van der Waals surface area contributed by atoms with Crippen LogP contribution in [-0.4, -0.2) is 27.9 Å². The van der Waals surface area contributed by atoms with Crippen molar-refractivity contribution >= 4 is 5.95 Å². The van der Waals surface area contributed by atoms with Gasteiger partial charge < -0.3 is 10.1 Å².